The Morgan fingerprint density at radius 3 is 2.94 bits per heavy atom. The average molecular weight is 327 g/mol. The molecule has 3 N–H and O–H groups in total. The molecule has 0 spiro atoms. The molecule has 6 heteroatoms. The smallest absolute Gasteiger partial charge is 0.268 e. The SMILES string of the molecule is NNC(=O)c1coc(CSc2ccccc2Br)c1. The number of nitrogens with two attached hydrogens (primary N) is 1. The first-order valence-corrected chi connectivity index (χ1v) is 6.94. The van der Waals surface area contributed by atoms with E-state index in [2.05, 4.69) is 21.4 Å². The number of halogens is 1. The zero-order valence-electron chi connectivity index (χ0n) is 9.35. The van der Waals surface area contributed by atoms with E-state index in [0.29, 0.717) is 11.3 Å². The minimum atomic E-state index is -0.351. The van der Waals surface area contributed by atoms with Crippen LogP contribution in [0.2, 0.25) is 0 Å². The van der Waals surface area contributed by atoms with Crippen LogP contribution in [0.5, 0.6) is 0 Å². The molecule has 94 valence electrons. The maximum absolute atomic E-state index is 11.2. The molecule has 0 unspecified atom stereocenters. The fraction of sp³-hybridized carbons (Fsp3) is 0.0833. The third kappa shape index (κ3) is 3.16. The van der Waals surface area contributed by atoms with Gasteiger partial charge in [0.25, 0.3) is 5.91 Å². The lowest BCUT2D eigenvalue weighted by Gasteiger charge is -2.01. The van der Waals surface area contributed by atoms with Crippen molar-refractivity contribution in [3.63, 3.8) is 0 Å². The second-order valence-electron chi connectivity index (χ2n) is 3.49. The summed E-state index contributed by atoms with van der Waals surface area (Å²) in [5, 5.41) is 0. The Morgan fingerprint density at radius 2 is 2.22 bits per heavy atom. The summed E-state index contributed by atoms with van der Waals surface area (Å²) in [5.41, 5.74) is 2.50. The molecule has 4 nitrogen and oxygen atoms in total. The minimum Gasteiger partial charge on any atom is -0.468 e. The van der Waals surface area contributed by atoms with Crippen molar-refractivity contribution >= 4 is 33.6 Å². The Kier molecular flexibility index (Phi) is 4.46. The normalized spacial score (nSPS) is 10.3. The number of rotatable bonds is 4. The van der Waals surface area contributed by atoms with Gasteiger partial charge in [0.2, 0.25) is 0 Å². The number of carbonyl (C=O) groups excluding carboxylic acids is 1. The van der Waals surface area contributed by atoms with Crippen LogP contribution in [0.4, 0.5) is 0 Å². The number of benzene rings is 1. The number of hydrazine groups is 1. The van der Waals surface area contributed by atoms with Gasteiger partial charge in [0, 0.05) is 9.37 Å². The van der Waals surface area contributed by atoms with Gasteiger partial charge in [-0.2, -0.15) is 0 Å². The van der Waals surface area contributed by atoms with Gasteiger partial charge in [0.1, 0.15) is 12.0 Å². The third-order valence-corrected chi connectivity index (χ3v) is 4.30. The van der Waals surface area contributed by atoms with Crippen LogP contribution in [-0.2, 0) is 5.75 Å². The number of carbonyl (C=O) groups is 1. The van der Waals surface area contributed by atoms with E-state index < -0.39 is 0 Å². The first-order chi connectivity index (χ1) is 8.70. The molecule has 2 rings (SSSR count). The number of nitrogens with one attached hydrogen (secondary N) is 1. The van der Waals surface area contributed by atoms with E-state index in [1.807, 2.05) is 24.3 Å². The first kappa shape index (κ1) is 13.2. The molecule has 0 radical (unpaired) electrons. The zero-order valence-corrected chi connectivity index (χ0v) is 11.8. The maximum Gasteiger partial charge on any atom is 0.268 e. The largest absolute Gasteiger partial charge is 0.468 e. The van der Waals surface area contributed by atoms with Gasteiger partial charge >= 0.3 is 0 Å². The molecule has 0 bridgehead atoms. The van der Waals surface area contributed by atoms with E-state index in [4.69, 9.17) is 10.3 Å². The van der Waals surface area contributed by atoms with Crippen LogP contribution in [-0.4, -0.2) is 5.91 Å². The first-order valence-electron chi connectivity index (χ1n) is 5.16. The Bertz CT molecular complexity index is 557. The minimum absolute atomic E-state index is 0.351. The van der Waals surface area contributed by atoms with Crippen molar-refractivity contribution in [2.24, 2.45) is 5.84 Å². The average Bonchev–Trinajstić information content (AvgIpc) is 2.86. The molecule has 0 aliphatic heterocycles. The molecule has 2 aromatic rings. The van der Waals surface area contributed by atoms with Gasteiger partial charge < -0.3 is 4.42 Å². The summed E-state index contributed by atoms with van der Waals surface area (Å²) >= 11 is 5.11. The lowest BCUT2D eigenvalue weighted by Crippen LogP contribution is -2.29. The molecule has 0 saturated heterocycles. The topological polar surface area (TPSA) is 68.3 Å². The zero-order chi connectivity index (χ0) is 13.0. The molecule has 1 amide bonds. The van der Waals surface area contributed by atoms with Gasteiger partial charge in [0.15, 0.2) is 0 Å². The number of nitrogen functional groups attached to an aromatic ring is 1. The highest BCUT2D eigenvalue weighted by Crippen LogP contribution is 2.30. The third-order valence-electron chi connectivity index (χ3n) is 2.25. The molecule has 18 heavy (non-hydrogen) atoms. The van der Waals surface area contributed by atoms with Crippen molar-refractivity contribution in [1.29, 1.82) is 0 Å². The standard InChI is InChI=1S/C12H11BrN2O2S/c13-10-3-1-2-4-11(10)18-7-9-5-8(6-17-9)12(16)15-14/h1-6H,7,14H2,(H,15,16). The molecule has 0 fully saturated rings. The van der Waals surface area contributed by atoms with Crippen LogP contribution in [0.15, 0.2) is 50.4 Å². The Morgan fingerprint density at radius 1 is 1.44 bits per heavy atom. The molecular formula is C12H11BrN2O2S. The summed E-state index contributed by atoms with van der Waals surface area (Å²) in [6.07, 6.45) is 1.40. The summed E-state index contributed by atoms with van der Waals surface area (Å²) in [5.74, 6) is 6.08. The van der Waals surface area contributed by atoms with Crippen LogP contribution in [0, 0.1) is 0 Å². The van der Waals surface area contributed by atoms with E-state index in [1.165, 1.54) is 6.26 Å². The molecule has 0 saturated carbocycles. The van der Waals surface area contributed by atoms with Gasteiger partial charge in [-0.3, -0.25) is 10.2 Å². The van der Waals surface area contributed by atoms with Crippen LogP contribution in [0.1, 0.15) is 16.1 Å². The van der Waals surface area contributed by atoms with Crippen molar-refractivity contribution in [1.82, 2.24) is 5.43 Å². The predicted molar refractivity (Wildman–Crippen MR) is 74.1 cm³/mol. The van der Waals surface area contributed by atoms with Gasteiger partial charge in [-0.05, 0) is 34.1 Å². The number of hydrogen-bond acceptors (Lipinski definition) is 4. The molecule has 0 aliphatic rings. The van der Waals surface area contributed by atoms with Crippen LogP contribution < -0.4 is 11.3 Å². The molecule has 1 heterocycles. The van der Waals surface area contributed by atoms with Crippen LogP contribution >= 0.6 is 27.7 Å². The lowest BCUT2D eigenvalue weighted by atomic mass is 10.3. The number of furan rings is 1. The number of amides is 1. The van der Waals surface area contributed by atoms with Crippen LogP contribution in [0.25, 0.3) is 0 Å². The summed E-state index contributed by atoms with van der Waals surface area (Å²) in [6.45, 7) is 0. The van der Waals surface area contributed by atoms with E-state index >= 15 is 0 Å². The van der Waals surface area contributed by atoms with Crippen LogP contribution in [0.3, 0.4) is 0 Å². The fourth-order valence-corrected chi connectivity index (χ4v) is 2.83. The highest BCUT2D eigenvalue weighted by atomic mass is 79.9. The second kappa shape index (κ2) is 6.08. The number of thioether (sulfide) groups is 1. The summed E-state index contributed by atoms with van der Waals surface area (Å²) in [7, 11) is 0. The van der Waals surface area contributed by atoms with Crippen molar-refractivity contribution in [2.75, 3.05) is 0 Å². The lowest BCUT2D eigenvalue weighted by molar-refractivity contribution is 0.0953. The highest BCUT2D eigenvalue weighted by molar-refractivity contribution is 9.10. The van der Waals surface area contributed by atoms with E-state index in [1.54, 1.807) is 17.8 Å². The van der Waals surface area contributed by atoms with Crippen molar-refractivity contribution in [3.8, 4) is 0 Å². The second-order valence-corrected chi connectivity index (χ2v) is 5.37. The van der Waals surface area contributed by atoms with Gasteiger partial charge in [-0.1, -0.05) is 12.1 Å². The van der Waals surface area contributed by atoms with E-state index in [9.17, 15) is 4.79 Å². The quantitative estimate of drug-likeness (QED) is 0.392. The Hall–Kier alpha value is -1.24. The van der Waals surface area contributed by atoms with Gasteiger partial charge in [-0.25, -0.2) is 5.84 Å². The van der Waals surface area contributed by atoms with Gasteiger partial charge in [-0.15, -0.1) is 11.8 Å². The van der Waals surface area contributed by atoms with E-state index in [0.717, 1.165) is 15.1 Å². The Balaban J connectivity index is 2.01. The predicted octanol–water partition coefficient (Wildman–Crippen LogP) is 2.94. The number of hydrogen-bond donors (Lipinski definition) is 2. The van der Waals surface area contributed by atoms with Crippen molar-refractivity contribution in [3.05, 3.63) is 52.4 Å². The van der Waals surface area contributed by atoms with Crippen molar-refractivity contribution in [2.45, 2.75) is 10.6 Å². The van der Waals surface area contributed by atoms with E-state index in [-0.39, 0.29) is 5.91 Å². The maximum atomic E-state index is 11.2. The van der Waals surface area contributed by atoms with Gasteiger partial charge in [0.05, 0.1) is 11.3 Å². The molecule has 0 atom stereocenters. The van der Waals surface area contributed by atoms with Crippen molar-refractivity contribution < 1.29 is 9.21 Å². The highest BCUT2D eigenvalue weighted by Gasteiger charge is 2.09. The monoisotopic (exact) mass is 326 g/mol. The Labute approximate surface area is 117 Å². The summed E-state index contributed by atoms with van der Waals surface area (Å²) in [4.78, 5) is 12.4. The molecule has 0 aliphatic carbocycles. The molecule has 1 aromatic heterocycles. The molecule has 1 aromatic carbocycles. The summed E-state index contributed by atoms with van der Waals surface area (Å²) in [6, 6.07) is 9.63. The summed E-state index contributed by atoms with van der Waals surface area (Å²) < 4.78 is 6.34. The molecular weight excluding hydrogens is 316 g/mol. The fourth-order valence-electron chi connectivity index (χ4n) is 1.37.